The van der Waals surface area contributed by atoms with Crippen molar-refractivity contribution in [1.29, 1.82) is 0 Å². The number of nitrogens with zero attached hydrogens (tertiary/aromatic N) is 1. The van der Waals surface area contributed by atoms with E-state index in [-0.39, 0.29) is 5.82 Å². The van der Waals surface area contributed by atoms with Crippen LogP contribution in [0.4, 0.5) is 4.39 Å². The number of rotatable bonds is 4. The molecule has 0 bridgehead atoms. The molecule has 0 spiro atoms. The van der Waals surface area contributed by atoms with E-state index in [4.69, 9.17) is 9.15 Å². The van der Waals surface area contributed by atoms with Crippen molar-refractivity contribution in [3.05, 3.63) is 70.9 Å². The molecule has 0 atom stereocenters. The number of aromatic nitrogens is 1. The Hall–Kier alpha value is -2.66. The van der Waals surface area contributed by atoms with Gasteiger partial charge in [0.05, 0.1) is 5.69 Å². The minimum absolute atomic E-state index is 0.209. The molecule has 0 amide bonds. The SMILES string of the molecule is Cc1ccc(COc2ccc(-c3nc4c(o3)CCNC4)cc2)cc1F. The zero-order valence-electron chi connectivity index (χ0n) is 14.0. The molecule has 25 heavy (non-hydrogen) atoms. The topological polar surface area (TPSA) is 47.3 Å². The predicted octanol–water partition coefficient (Wildman–Crippen LogP) is 4.01. The molecule has 0 saturated carbocycles. The molecular weight excluding hydrogens is 319 g/mol. The van der Waals surface area contributed by atoms with Crippen LogP contribution in [0.5, 0.6) is 5.75 Å². The lowest BCUT2D eigenvalue weighted by atomic mass is 10.1. The first-order valence-electron chi connectivity index (χ1n) is 8.36. The highest BCUT2D eigenvalue weighted by atomic mass is 19.1. The van der Waals surface area contributed by atoms with Gasteiger partial charge in [-0.2, -0.15) is 0 Å². The number of benzene rings is 2. The summed E-state index contributed by atoms with van der Waals surface area (Å²) >= 11 is 0. The smallest absolute Gasteiger partial charge is 0.226 e. The van der Waals surface area contributed by atoms with Crippen molar-refractivity contribution < 1.29 is 13.5 Å². The van der Waals surface area contributed by atoms with Crippen LogP contribution in [0.2, 0.25) is 0 Å². The Bertz CT molecular complexity index is 864. The summed E-state index contributed by atoms with van der Waals surface area (Å²) < 4.78 is 25.1. The van der Waals surface area contributed by atoms with Crippen molar-refractivity contribution in [3.63, 3.8) is 0 Å². The fourth-order valence-electron chi connectivity index (χ4n) is 2.84. The molecule has 2 heterocycles. The number of ether oxygens (including phenoxy) is 1. The Kier molecular flexibility index (Phi) is 4.24. The second-order valence-electron chi connectivity index (χ2n) is 6.21. The van der Waals surface area contributed by atoms with Crippen LogP contribution in [0.25, 0.3) is 11.5 Å². The minimum atomic E-state index is -0.209. The number of halogens is 1. The summed E-state index contributed by atoms with van der Waals surface area (Å²) in [7, 11) is 0. The molecule has 4 nitrogen and oxygen atoms in total. The lowest BCUT2D eigenvalue weighted by molar-refractivity contribution is 0.305. The van der Waals surface area contributed by atoms with Gasteiger partial charge in [-0.3, -0.25) is 0 Å². The first kappa shape index (κ1) is 15.8. The van der Waals surface area contributed by atoms with Crippen LogP contribution < -0.4 is 10.1 Å². The first-order valence-corrected chi connectivity index (χ1v) is 8.36. The maximum absolute atomic E-state index is 13.6. The molecule has 128 valence electrons. The summed E-state index contributed by atoms with van der Waals surface area (Å²) in [6.45, 7) is 3.76. The number of hydrogen-bond donors (Lipinski definition) is 1. The van der Waals surface area contributed by atoms with Crippen LogP contribution in [-0.4, -0.2) is 11.5 Å². The first-order chi connectivity index (χ1) is 12.2. The molecule has 0 fully saturated rings. The van der Waals surface area contributed by atoms with E-state index < -0.39 is 0 Å². The molecule has 0 radical (unpaired) electrons. The Morgan fingerprint density at radius 2 is 2.04 bits per heavy atom. The molecule has 5 heteroatoms. The molecular formula is C20H19FN2O2. The Morgan fingerprint density at radius 1 is 1.20 bits per heavy atom. The monoisotopic (exact) mass is 338 g/mol. The van der Waals surface area contributed by atoms with Gasteiger partial charge in [-0.25, -0.2) is 9.37 Å². The molecule has 0 saturated heterocycles. The van der Waals surface area contributed by atoms with Crippen molar-refractivity contribution in [3.8, 4) is 17.2 Å². The zero-order chi connectivity index (χ0) is 17.2. The molecule has 1 aliphatic heterocycles. The minimum Gasteiger partial charge on any atom is -0.489 e. The highest BCUT2D eigenvalue weighted by Crippen LogP contribution is 2.26. The summed E-state index contributed by atoms with van der Waals surface area (Å²) in [6, 6.07) is 12.7. The Balaban J connectivity index is 1.44. The fraction of sp³-hybridized carbons (Fsp3) is 0.250. The molecule has 4 rings (SSSR count). The van der Waals surface area contributed by atoms with Crippen LogP contribution >= 0.6 is 0 Å². The van der Waals surface area contributed by atoms with Crippen molar-refractivity contribution in [2.24, 2.45) is 0 Å². The third-order valence-electron chi connectivity index (χ3n) is 4.34. The maximum atomic E-state index is 13.6. The second-order valence-corrected chi connectivity index (χ2v) is 6.21. The summed E-state index contributed by atoms with van der Waals surface area (Å²) in [5.74, 6) is 2.12. The van der Waals surface area contributed by atoms with Gasteiger partial charge in [0.1, 0.15) is 23.9 Å². The van der Waals surface area contributed by atoms with Crippen LogP contribution in [0, 0.1) is 12.7 Å². The van der Waals surface area contributed by atoms with Crippen LogP contribution in [0.15, 0.2) is 46.9 Å². The van der Waals surface area contributed by atoms with Crippen LogP contribution in [0.3, 0.4) is 0 Å². The third-order valence-corrected chi connectivity index (χ3v) is 4.34. The summed E-state index contributed by atoms with van der Waals surface area (Å²) in [5, 5.41) is 3.29. The Morgan fingerprint density at radius 3 is 2.80 bits per heavy atom. The number of hydrogen-bond acceptors (Lipinski definition) is 4. The summed E-state index contributed by atoms with van der Waals surface area (Å²) in [6.07, 6.45) is 0.872. The van der Waals surface area contributed by atoms with Crippen molar-refractivity contribution >= 4 is 0 Å². The molecule has 1 aliphatic rings. The van der Waals surface area contributed by atoms with Crippen molar-refractivity contribution in [2.75, 3.05) is 6.54 Å². The lowest BCUT2D eigenvalue weighted by Gasteiger charge is -2.08. The predicted molar refractivity (Wildman–Crippen MR) is 92.8 cm³/mol. The van der Waals surface area contributed by atoms with Gasteiger partial charge in [-0.15, -0.1) is 0 Å². The van der Waals surface area contributed by atoms with E-state index >= 15 is 0 Å². The fourth-order valence-corrected chi connectivity index (χ4v) is 2.84. The van der Waals surface area contributed by atoms with Crippen molar-refractivity contribution in [1.82, 2.24) is 10.3 Å². The van der Waals surface area contributed by atoms with Gasteiger partial charge >= 0.3 is 0 Å². The summed E-state index contributed by atoms with van der Waals surface area (Å²) in [4.78, 5) is 4.55. The zero-order valence-corrected chi connectivity index (χ0v) is 14.0. The molecule has 2 aromatic carbocycles. The normalized spacial score (nSPS) is 13.5. The van der Waals surface area contributed by atoms with E-state index in [1.165, 1.54) is 6.07 Å². The summed E-state index contributed by atoms with van der Waals surface area (Å²) in [5.41, 5.74) is 3.35. The number of nitrogens with one attached hydrogen (secondary N) is 1. The van der Waals surface area contributed by atoms with Gasteiger partial charge in [0.25, 0.3) is 0 Å². The van der Waals surface area contributed by atoms with Crippen LogP contribution in [-0.2, 0) is 19.6 Å². The van der Waals surface area contributed by atoms with E-state index in [9.17, 15) is 4.39 Å². The van der Waals surface area contributed by atoms with Gasteiger partial charge in [0, 0.05) is 25.1 Å². The highest BCUT2D eigenvalue weighted by molar-refractivity contribution is 5.55. The molecule has 0 aliphatic carbocycles. The molecule has 0 unspecified atom stereocenters. The van der Waals surface area contributed by atoms with Crippen molar-refractivity contribution in [2.45, 2.75) is 26.5 Å². The number of aryl methyl sites for hydroxylation is 1. The van der Waals surface area contributed by atoms with Gasteiger partial charge < -0.3 is 14.5 Å². The maximum Gasteiger partial charge on any atom is 0.226 e. The number of fused-ring (bicyclic) bond motifs is 1. The molecule has 3 aromatic rings. The molecule has 1 N–H and O–H groups in total. The van der Waals surface area contributed by atoms with E-state index in [2.05, 4.69) is 10.3 Å². The van der Waals surface area contributed by atoms with E-state index in [0.29, 0.717) is 18.1 Å². The van der Waals surface area contributed by atoms with Gasteiger partial charge in [0.2, 0.25) is 5.89 Å². The van der Waals surface area contributed by atoms with Gasteiger partial charge in [-0.1, -0.05) is 12.1 Å². The largest absolute Gasteiger partial charge is 0.489 e. The van der Waals surface area contributed by atoms with Gasteiger partial charge in [0.15, 0.2) is 0 Å². The van der Waals surface area contributed by atoms with E-state index in [1.807, 2.05) is 30.3 Å². The average molecular weight is 338 g/mol. The van der Waals surface area contributed by atoms with Crippen LogP contribution in [0.1, 0.15) is 22.6 Å². The van der Waals surface area contributed by atoms with E-state index in [1.54, 1.807) is 13.0 Å². The lowest BCUT2D eigenvalue weighted by Crippen LogP contribution is -2.22. The highest BCUT2D eigenvalue weighted by Gasteiger charge is 2.17. The second kappa shape index (κ2) is 6.69. The standard InChI is InChI=1S/C20H19FN2O2/c1-13-2-3-14(10-17(13)21)12-24-16-6-4-15(5-7-16)20-23-18-11-22-9-8-19(18)25-20/h2-7,10,22H,8-9,11-12H2,1H3. The quantitative estimate of drug-likeness (QED) is 0.781. The number of oxazole rings is 1. The van der Waals surface area contributed by atoms with Gasteiger partial charge in [-0.05, 0) is 48.4 Å². The Labute approximate surface area is 145 Å². The third kappa shape index (κ3) is 3.42. The van der Waals surface area contributed by atoms with E-state index in [0.717, 1.165) is 47.8 Å². The molecule has 1 aromatic heterocycles. The average Bonchev–Trinajstić information content (AvgIpc) is 3.07.